The maximum atomic E-state index is 8.79. The number of hydrogen-bond acceptors (Lipinski definition) is 3. The molecule has 0 aromatic heterocycles. The summed E-state index contributed by atoms with van der Waals surface area (Å²) in [4.78, 5) is 0. The minimum absolute atomic E-state index is 0.275. The minimum Gasteiger partial charge on any atom is -0.487 e. The highest BCUT2D eigenvalue weighted by atomic mass is 16.5. The first-order chi connectivity index (χ1) is 6.31. The van der Waals surface area contributed by atoms with Crippen LogP contribution in [0.25, 0.3) is 0 Å². The van der Waals surface area contributed by atoms with Crippen molar-refractivity contribution in [2.24, 2.45) is 0 Å². The Balaban J connectivity index is 2.34. The molecule has 66 valence electrons. The lowest BCUT2D eigenvalue weighted by molar-refractivity contribution is 0.304. The van der Waals surface area contributed by atoms with Gasteiger partial charge in [-0.15, -0.1) is 0 Å². The molecule has 0 bridgehead atoms. The average Bonchev–Trinajstić information content (AvgIpc) is 2.92. The second kappa shape index (κ2) is 2.98. The summed E-state index contributed by atoms with van der Waals surface area (Å²) in [6, 6.07) is 7.29. The van der Waals surface area contributed by atoms with Crippen LogP contribution in [0.3, 0.4) is 0 Å². The van der Waals surface area contributed by atoms with E-state index in [9.17, 15) is 0 Å². The van der Waals surface area contributed by atoms with Crippen molar-refractivity contribution in [1.29, 1.82) is 5.26 Å². The molecule has 13 heavy (non-hydrogen) atoms. The van der Waals surface area contributed by atoms with Gasteiger partial charge in [-0.25, -0.2) is 0 Å². The van der Waals surface area contributed by atoms with Crippen LogP contribution in [-0.4, -0.2) is 6.10 Å². The van der Waals surface area contributed by atoms with Gasteiger partial charge >= 0.3 is 0 Å². The van der Waals surface area contributed by atoms with Gasteiger partial charge in [-0.1, -0.05) is 6.07 Å². The summed E-state index contributed by atoms with van der Waals surface area (Å²) in [6.45, 7) is 0. The molecule has 0 atom stereocenters. The van der Waals surface area contributed by atoms with E-state index in [1.165, 1.54) is 0 Å². The zero-order valence-electron chi connectivity index (χ0n) is 7.16. The van der Waals surface area contributed by atoms with E-state index in [0.29, 0.717) is 17.0 Å². The van der Waals surface area contributed by atoms with E-state index in [0.717, 1.165) is 12.8 Å². The van der Waals surface area contributed by atoms with Gasteiger partial charge in [-0.05, 0) is 25.0 Å². The van der Waals surface area contributed by atoms with Crippen LogP contribution in [0, 0.1) is 11.3 Å². The van der Waals surface area contributed by atoms with Crippen molar-refractivity contribution in [1.82, 2.24) is 0 Å². The summed E-state index contributed by atoms with van der Waals surface area (Å²) in [7, 11) is 0. The third-order valence-electron chi connectivity index (χ3n) is 1.97. The first kappa shape index (κ1) is 7.93. The van der Waals surface area contributed by atoms with Gasteiger partial charge in [0.2, 0.25) is 0 Å². The molecule has 1 aliphatic rings. The van der Waals surface area contributed by atoms with Crippen molar-refractivity contribution in [3.63, 3.8) is 0 Å². The van der Waals surface area contributed by atoms with Crippen LogP contribution in [0.2, 0.25) is 0 Å². The number of nitrogens with two attached hydrogens (primary N) is 1. The summed E-state index contributed by atoms with van der Waals surface area (Å²) in [5.74, 6) is 0.549. The lowest BCUT2D eigenvalue weighted by Gasteiger charge is -2.08. The van der Waals surface area contributed by atoms with Crippen molar-refractivity contribution < 1.29 is 4.74 Å². The Kier molecular flexibility index (Phi) is 1.82. The molecule has 0 radical (unpaired) electrons. The Morgan fingerprint density at radius 3 is 2.85 bits per heavy atom. The van der Waals surface area contributed by atoms with Crippen LogP contribution in [-0.2, 0) is 0 Å². The van der Waals surface area contributed by atoms with Gasteiger partial charge in [0.1, 0.15) is 6.07 Å². The molecular formula is C10H10N2O. The number of nitrogens with zero attached hydrogens (tertiary/aromatic N) is 1. The highest BCUT2D eigenvalue weighted by Crippen LogP contribution is 2.32. The van der Waals surface area contributed by atoms with Crippen molar-refractivity contribution >= 4 is 5.69 Å². The first-order valence-corrected chi connectivity index (χ1v) is 4.26. The Morgan fingerprint density at radius 2 is 2.23 bits per heavy atom. The van der Waals surface area contributed by atoms with E-state index in [-0.39, 0.29) is 6.10 Å². The third kappa shape index (κ3) is 1.57. The molecule has 2 rings (SSSR count). The summed E-state index contributed by atoms with van der Waals surface area (Å²) < 4.78 is 5.53. The van der Waals surface area contributed by atoms with E-state index in [4.69, 9.17) is 15.7 Å². The Hall–Kier alpha value is -1.69. The molecule has 1 saturated carbocycles. The second-order valence-electron chi connectivity index (χ2n) is 3.15. The molecule has 1 fully saturated rings. The molecule has 0 saturated heterocycles. The van der Waals surface area contributed by atoms with E-state index >= 15 is 0 Å². The lowest BCUT2D eigenvalue weighted by Crippen LogP contribution is -2.01. The van der Waals surface area contributed by atoms with Crippen LogP contribution in [0.4, 0.5) is 5.69 Å². The quantitative estimate of drug-likeness (QED) is 0.694. The SMILES string of the molecule is N#Cc1cccc(N)c1OC1CC1. The summed E-state index contributed by atoms with van der Waals surface area (Å²) in [5, 5.41) is 8.79. The number of nitriles is 1. The monoisotopic (exact) mass is 174 g/mol. The standard InChI is InChI=1S/C10H10N2O/c11-6-7-2-1-3-9(12)10(7)13-8-4-5-8/h1-3,8H,4-5,12H2. The average molecular weight is 174 g/mol. The van der Waals surface area contributed by atoms with Crippen molar-refractivity contribution in [2.75, 3.05) is 5.73 Å². The first-order valence-electron chi connectivity index (χ1n) is 4.26. The molecule has 0 heterocycles. The Morgan fingerprint density at radius 1 is 1.46 bits per heavy atom. The van der Waals surface area contributed by atoms with Crippen molar-refractivity contribution in [2.45, 2.75) is 18.9 Å². The number of ether oxygens (including phenoxy) is 1. The normalized spacial score (nSPS) is 15.0. The predicted octanol–water partition coefficient (Wildman–Crippen LogP) is 1.68. The zero-order chi connectivity index (χ0) is 9.26. The van der Waals surface area contributed by atoms with Crippen molar-refractivity contribution in [3.8, 4) is 11.8 Å². The largest absolute Gasteiger partial charge is 0.487 e. The van der Waals surface area contributed by atoms with Gasteiger partial charge in [0, 0.05) is 0 Å². The van der Waals surface area contributed by atoms with Crippen LogP contribution in [0.5, 0.6) is 5.75 Å². The molecule has 2 N–H and O–H groups in total. The van der Waals surface area contributed by atoms with E-state index in [1.807, 2.05) is 0 Å². The van der Waals surface area contributed by atoms with Gasteiger partial charge < -0.3 is 10.5 Å². The molecule has 3 heteroatoms. The topological polar surface area (TPSA) is 59.0 Å². The molecular weight excluding hydrogens is 164 g/mol. The number of anilines is 1. The van der Waals surface area contributed by atoms with Gasteiger partial charge in [0.25, 0.3) is 0 Å². The van der Waals surface area contributed by atoms with Crippen molar-refractivity contribution in [3.05, 3.63) is 23.8 Å². The molecule has 1 aromatic rings. The van der Waals surface area contributed by atoms with E-state index in [1.54, 1.807) is 18.2 Å². The second-order valence-corrected chi connectivity index (χ2v) is 3.15. The summed E-state index contributed by atoms with van der Waals surface area (Å²) in [6.07, 6.45) is 2.41. The fourth-order valence-electron chi connectivity index (χ4n) is 1.13. The third-order valence-corrected chi connectivity index (χ3v) is 1.97. The maximum absolute atomic E-state index is 8.79. The number of hydrogen-bond donors (Lipinski definition) is 1. The molecule has 0 spiro atoms. The summed E-state index contributed by atoms with van der Waals surface area (Å²) >= 11 is 0. The predicted molar refractivity (Wildman–Crippen MR) is 49.2 cm³/mol. The fourth-order valence-corrected chi connectivity index (χ4v) is 1.13. The lowest BCUT2D eigenvalue weighted by atomic mass is 10.2. The fraction of sp³-hybridized carbons (Fsp3) is 0.300. The zero-order valence-corrected chi connectivity index (χ0v) is 7.16. The van der Waals surface area contributed by atoms with Gasteiger partial charge in [0.05, 0.1) is 17.4 Å². The van der Waals surface area contributed by atoms with Gasteiger partial charge in [0.15, 0.2) is 5.75 Å². The molecule has 0 unspecified atom stereocenters. The van der Waals surface area contributed by atoms with E-state index < -0.39 is 0 Å². The summed E-state index contributed by atoms with van der Waals surface area (Å²) in [5.41, 5.74) is 6.76. The highest BCUT2D eigenvalue weighted by molar-refractivity contribution is 5.60. The molecule has 3 nitrogen and oxygen atoms in total. The number of para-hydroxylation sites is 1. The molecule has 1 aromatic carbocycles. The minimum atomic E-state index is 0.275. The molecule has 1 aliphatic carbocycles. The molecule has 0 amide bonds. The Labute approximate surface area is 76.7 Å². The van der Waals surface area contributed by atoms with Gasteiger partial charge in [-0.2, -0.15) is 5.26 Å². The van der Waals surface area contributed by atoms with Crippen LogP contribution in [0.1, 0.15) is 18.4 Å². The van der Waals surface area contributed by atoms with Crippen LogP contribution in [0.15, 0.2) is 18.2 Å². The number of rotatable bonds is 2. The number of nitrogen functional groups attached to an aromatic ring is 1. The molecule has 0 aliphatic heterocycles. The van der Waals surface area contributed by atoms with Gasteiger partial charge in [-0.3, -0.25) is 0 Å². The van der Waals surface area contributed by atoms with Crippen LogP contribution < -0.4 is 10.5 Å². The maximum Gasteiger partial charge on any atom is 0.160 e. The highest BCUT2D eigenvalue weighted by Gasteiger charge is 2.25. The smallest absolute Gasteiger partial charge is 0.160 e. The van der Waals surface area contributed by atoms with Crippen LogP contribution >= 0.6 is 0 Å². The van der Waals surface area contributed by atoms with E-state index in [2.05, 4.69) is 6.07 Å². The number of benzene rings is 1. The Bertz CT molecular complexity index is 364.